The number of hydrogen-bond donors (Lipinski definition) is 2. The van der Waals surface area contributed by atoms with Gasteiger partial charge in [0.2, 0.25) is 0 Å². The predicted octanol–water partition coefficient (Wildman–Crippen LogP) is 2.40. The summed E-state index contributed by atoms with van der Waals surface area (Å²) in [6.45, 7) is 7.10. The molecule has 0 bridgehead atoms. The Labute approximate surface area is 166 Å². The van der Waals surface area contributed by atoms with Crippen LogP contribution in [0, 0.1) is 25.7 Å². The minimum Gasteiger partial charge on any atom is -0.338 e. The number of likely N-dealkylation sites (tertiary alicyclic amines) is 1. The largest absolute Gasteiger partial charge is 0.338 e. The van der Waals surface area contributed by atoms with Crippen molar-refractivity contribution in [3.05, 3.63) is 59.2 Å². The minimum atomic E-state index is -3.77. The Balaban J connectivity index is 1.59. The second kappa shape index (κ2) is 7.22. The van der Waals surface area contributed by atoms with Crippen LogP contribution in [0.25, 0.3) is 0 Å². The predicted molar refractivity (Wildman–Crippen MR) is 109 cm³/mol. The third-order valence-corrected chi connectivity index (χ3v) is 7.08. The molecule has 2 aliphatic rings. The second-order valence-corrected chi connectivity index (χ2v) is 9.52. The summed E-state index contributed by atoms with van der Waals surface area (Å²) in [6.07, 6.45) is 0. The van der Waals surface area contributed by atoms with Gasteiger partial charge in [0.25, 0.3) is 15.9 Å². The van der Waals surface area contributed by atoms with Gasteiger partial charge in [-0.2, -0.15) is 0 Å². The van der Waals surface area contributed by atoms with Gasteiger partial charge in [0.05, 0.1) is 4.90 Å². The highest BCUT2D eigenvalue weighted by Crippen LogP contribution is 2.29. The summed E-state index contributed by atoms with van der Waals surface area (Å²) in [5, 5.41) is 3.37. The van der Waals surface area contributed by atoms with Crippen molar-refractivity contribution < 1.29 is 13.2 Å². The fraction of sp³-hybridized carbons (Fsp3) is 0.381. The first-order valence-electron chi connectivity index (χ1n) is 9.53. The standard InChI is InChI=1S/C21H25N3O3S/c1-14-4-3-5-18(8-14)23-28(26,27)19-7-6-15(2)20(9-19)21(25)24-12-16-10-22-11-17(16)13-24/h3-9,16-17,22-23H,10-13H2,1-2H3/t16-,17+. The molecule has 2 aromatic carbocycles. The first kappa shape index (κ1) is 19.0. The Hall–Kier alpha value is -2.38. The second-order valence-electron chi connectivity index (χ2n) is 7.84. The molecule has 0 aromatic heterocycles. The summed E-state index contributed by atoms with van der Waals surface area (Å²) >= 11 is 0. The van der Waals surface area contributed by atoms with E-state index in [0.717, 1.165) is 37.3 Å². The lowest BCUT2D eigenvalue weighted by Crippen LogP contribution is -2.32. The molecule has 0 unspecified atom stereocenters. The summed E-state index contributed by atoms with van der Waals surface area (Å²) in [6, 6.07) is 11.9. The monoisotopic (exact) mass is 399 g/mol. The first-order chi connectivity index (χ1) is 13.3. The zero-order chi connectivity index (χ0) is 19.9. The number of benzene rings is 2. The van der Waals surface area contributed by atoms with E-state index >= 15 is 0 Å². The van der Waals surface area contributed by atoms with Crippen molar-refractivity contribution in [3.8, 4) is 0 Å². The van der Waals surface area contributed by atoms with E-state index in [2.05, 4.69) is 10.0 Å². The van der Waals surface area contributed by atoms with Crippen LogP contribution in [-0.4, -0.2) is 45.4 Å². The van der Waals surface area contributed by atoms with E-state index in [9.17, 15) is 13.2 Å². The van der Waals surface area contributed by atoms with Gasteiger partial charge in [-0.05, 0) is 61.1 Å². The van der Waals surface area contributed by atoms with Crippen molar-refractivity contribution in [1.82, 2.24) is 10.2 Å². The molecule has 2 heterocycles. The van der Waals surface area contributed by atoms with Crippen molar-refractivity contribution in [2.45, 2.75) is 18.7 Å². The normalized spacial score (nSPS) is 21.6. The number of hydrogen-bond acceptors (Lipinski definition) is 4. The van der Waals surface area contributed by atoms with E-state index in [1.807, 2.05) is 24.8 Å². The number of anilines is 1. The Morgan fingerprint density at radius 3 is 2.46 bits per heavy atom. The highest BCUT2D eigenvalue weighted by atomic mass is 32.2. The Morgan fingerprint density at radius 2 is 1.79 bits per heavy atom. The fourth-order valence-electron chi connectivity index (χ4n) is 4.11. The number of rotatable bonds is 4. The van der Waals surface area contributed by atoms with Crippen LogP contribution in [0.3, 0.4) is 0 Å². The Morgan fingerprint density at radius 1 is 1.07 bits per heavy atom. The smallest absolute Gasteiger partial charge is 0.261 e. The average molecular weight is 400 g/mol. The first-order valence-corrected chi connectivity index (χ1v) is 11.0. The van der Waals surface area contributed by atoms with Gasteiger partial charge in [0, 0.05) is 37.4 Å². The number of fused-ring (bicyclic) bond motifs is 1. The van der Waals surface area contributed by atoms with Gasteiger partial charge in [-0.1, -0.05) is 18.2 Å². The molecular weight excluding hydrogens is 374 g/mol. The number of carbonyl (C=O) groups is 1. The van der Waals surface area contributed by atoms with Crippen LogP contribution in [0.2, 0.25) is 0 Å². The maximum atomic E-state index is 13.1. The van der Waals surface area contributed by atoms with Crippen molar-refractivity contribution in [1.29, 1.82) is 0 Å². The number of nitrogens with one attached hydrogen (secondary N) is 2. The molecule has 7 heteroatoms. The van der Waals surface area contributed by atoms with Crippen LogP contribution in [0.15, 0.2) is 47.4 Å². The van der Waals surface area contributed by atoms with E-state index in [1.165, 1.54) is 6.07 Å². The number of carbonyl (C=O) groups excluding carboxylic acids is 1. The SMILES string of the molecule is Cc1cccc(NS(=O)(=O)c2ccc(C)c(C(=O)N3C[C@H]4CNC[C@H]4C3)c2)c1. The molecule has 2 aliphatic heterocycles. The van der Waals surface area contributed by atoms with Crippen molar-refractivity contribution >= 4 is 21.6 Å². The van der Waals surface area contributed by atoms with E-state index in [1.54, 1.807) is 30.3 Å². The third-order valence-electron chi connectivity index (χ3n) is 5.70. The molecule has 0 radical (unpaired) electrons. The molecule has 2 fully saturated rings. The van der Waals surface area contributed by atoms with Gasteiger partial charge in [0.1, 0.15) is 0 Å². The molecular formula is C21H25N3O3S. The van der Waals surface area contributed by atoms with Crippen LogP contribution >= 0.6 is 0 Å². The van der Waals surface area contributed by atoms with Crippen molar-refractivity contribution in [2.75, 3.05) is 30.9 Å². The Bertz CT molecular complexity index is 1010. The van der Waals surface area contributed by atoms with Gasteiger partial charge in [-0.25, -0.2) is 8.42 Å². The van der Waals surface area contributed by atoms with Crippen LogP contribution in [0.1, 0.15) is 21.5 Å². The van der Waals surface area contributed by atoms with Crippen molar-refractivity contribution in [2.24, 2.45) is 11.8 Å². The molecule has 148 valence electrons. The molecule has 0 aliphatic carbocycles. The molecule has 1 amide bonds. The van der Waals surface area contributed by atoms with Crippen molar-refractivity contribution in [3.63, 3.8) is 0 Å². The average Bonchev–Trinajstić information content (AvgIpc) is 3.23. The lowest BCUT2D eigenvalue weighted by atomic mass is 10.0. The number of amides is 1. The van der Waals surface area contributed by atoms with Gasteiger partial charge in [0.15, 0.2) is 0 Å². The topological polar surface area (TPSA) is 78.5 Å². The van der Waals surface area contributed by atoms with E-state index in [4.69, 9.17) is 0 Å². The summed E-state index contributed by atoms with van der Waals surface area (Å²) in [5.74, 6) is 0.915. The number of aryl methyl sites for hydroxylation is 2. The van der Waals surface area contributed by atoms with Crippen LogP contribution < -0.4 is 10.0 Å². The molecule has 4 rings (SSSR count). The minimum absolute atomic E-state index is 0.0838. The summed E-state index contributed by atoms with van der Waals surface area (Å²) in [5.41, 5.74) is 2.72. The van der Waals surface area contributed by atoms with Gasteiger partial charge >= 0.3 is 0 Å². The Kier molecular flexibility index (Phi) is 4.89. The van der Waals surface area contributed by atoms with Crippen LogP contribution in [0.4, 0.5) is 5.69 Å². The highest BCUT2D eigenvalue weighted by molar-refractivity contribution is 7.92. The van der Waals surface area contributed by atoms with Gasteiger partial charge in [-0.3, -0.25) is 9.52 Å². The van der Waals surface area contributed by atoms with Crippen LogP contribution in [-0.2, 0) is 10.0 Å². The van der Waals surface area contributed by atoms with E-state index in [0.29, 0.717) is 23.1 Å². The third kappa shape index (κ3) is 3.64. The molecule has 0 saturated carbocycles. The lowest BCUT2D eigenvalue weighted by molar-refractivity contribution is 0.0780. The molecule has 2 aromatic rings. The molecule has 2 atom stereocenters. The summed E-state index contributed by atoms with van der Waals surface area (Å²) in [7, 11) is -3.77. The lowest BCUT2D eigenvalue weighted by Gasteiger charge is -2.19. The molecule has 0 spiro atoms. The molecule has 28 heavy (non-hydrogen) atoms. The molecule has 2 saturated heterocycles. The fourth-order valence-corrected chi connectivity index (χ4v) is 5.19. The maximum Gasteiger partial charge on any atom is 0.261 e. The van der Waals surface area contributed by atoms with Gasteiger partial charge < -0.3 is 10.2 Å². The zero-order valence-corrected chi connectivity index (χ0v) is 16.9. The number of sulfonamides is 1. The van der Waals surface area contributed by atoms with Gasteiger partial charge in [-0.15, -0.1) is 0 Å². The summed E-state index contributed by atoms with van der Waals surface area (Å²) < 4.78 is 28.3. The quantitative estimate of drug-likeness (QED) is 0.828. The number of nitrogens with zero attached hydrogens (tertiary/aromatic N) is 1. The molecule has 6 nitrogen and oxygen atoms in total. The van der Waals surface area contributed by atoms with Crippen LogP contribution in [0.5, 0.6) is 0 Å². The van der Waals surface area contributed by atoms with E-state index in [-0.39, 0.29) is 10.8 Å². The zero-order valence-electron chi connectivity index (χ0n) is 16.1. The summed E-state index contributed by atoms with van der Waals surface area (Å²) in [4.78, 5) is 15.0. The van der Waals surface area contributed by atoms with E-state index < -0.39 is 10.0 Å². The molecule has 2 N–H and O–H groups in total. The highest BCUT2D eigenvalue weighted by Gasteiger charge is 2.38. The maximum absolute atomic E-state index is 13.1.